The van der Waals surface area contributed by atoms with Gasteiger partial charge in [-0.2, -0.15) is 0 Å². The van der Waals surface area contributed by atoms with E-state index in [9.17, 15) is 0 Å². The Kier molecular flexibility index (Phi) is 6.32. The third-order valence-corrected chi connectivity index (χ3v) is 4.04. The van der Waals surface area contributed by atoms with Crippen LogP contribution >= 0.6 is 0 Å². The van der Waals surface area contributed by atoms with Crippen molar-refractivity contribution >= 4 is 0 Å². The fourth-order valence-electron chi connectivity index (χ4n) is 3.05. The molecule has 0 heterocycles. The SMILES string of the molecule is CCOC(C)C(NN)C1CCCC(CC)C1. The molecule has 3 nitrogen and oxygen atoms in total. The summed E-state index contributed by atoms with van der Waals surface area (Å²) in [5, 5.41) is 0. The van der Waals surface area contributed by atoms with Gasteiger partial charge in [0, 0.05) is 12.6 Å². The minimum Gasteiger partial charge on any atom is -0.377 e. The highest BCUT2D eigenvalue weighted by molar-refractivity contribution is 4.84. The van der Waals surface area contributed by atoms with Gasteiger partial charge in [-0.15, -0.1) is 0 Å². The Bertz CT molecular complexity index is 187. The van der Waals surface area contributed by atoms with E-state index in [1.807, 2.05) is 6.92 Å². The fraction of sp³-hybridized carbons (Fsp3) is 1.00. The average molecular weight is 228 g/mol. The Labute approximate surface area is 100 Å². The molecular weight excluding hydrogens is 200 g/mol. The molecule has 0 aromatic carbocycles. The molecule has 1 fully saturated rings. The third kappa shape index (κ3) is 3.72. The van der Waals surface area contributed by atoms with Crippen molar-refractivity contribution in [1.82, 2.24) is 5.43 Å². The van der Waals surface area contributed by atoms with Gasteiger partial charge in [-0.1, -0.05) is 26.2 Å². The van der Waals surface area contributed by atoms with E-state index in [4.69, 9.17) is 10.6 Å². The van der Waals surface area contributed by atoms with E-state index >= 15 is 0 Å². The topological polar surface area (TPSA) is 47.3 Å². The number of hydrogen-bond acceptors (Lipinski definition) is 3. The van der Waals surface area contributed by atoms with Crippen molar-refractivity contribution in [3.63, 3.8) is 0 Å². The number of hydrogen-bond donors (Lipinski definition) is 2. The Morgan fingerprint density at radius 3 is 2.69 bits per heavy atom. The molecule has 1 rings (SSSR count). The van der Waals surface area contributed by atoms with Gasteiger partial charge in [-0.25, -0.2) is 0 Å². The molecule has 0 saturated heterocycles. The first-order chi connectivity index (χ1) is 7.72. The van der Waals surface area contributed by atoms with Gasteiger partial charge in [0.1, 0.15) is 0 Å². The van der Waals surface area contributed by atoms with E-state index in [0.717, 1.165) is 12.5 Å². The van der Waals surface area contributed by atoms with Gasteiger partial charge in [0.05, 0.1) is 6.10 Å². The summed E-state index contributed by atoms with van der Waals surface area (Å²) >= 11 is 0. The van der Waals surface area contributed by atoms with Gasteiger partial charge in [0.15, 0.2) is 0 Å². The van der Waals surface area contributed by atoms with Gasteiger partial charge in [-0.05, 0) is 38.5 Å². The molecule has 4 atom stereocenters. The van der Waals surface area contributed by atoms with Crippen molar-refractivity contribution in [2.45, 2.75) is 65.0 Å². The summed E-state index contributed by atoms with van der Waals surface area (Å²) in [7, 11) is 0. The van der Waals surface area contributed by atoms with Crippen LogP contribution in [-0.2, 0) is 4.74 Å². The standard InChI is InChI=1S/C13H28N2O/c1-4-11-7-6-8-12(9-11)13(15-14)10(3)16-5-2/h10-13,15H,4-9,14H2,1-3H3. The van der Waals surface area contributed by atoms with Crippen LogP contribution in [0.15, 0.2) is 0 Å². The number of hydrazine groups is 1. The summed E-state index contributed by atoms with van der Waals surface area (Å²) in [6, 6.07) is 0.314. The molecule has 3 heteroatoms. The van der Waals surface area contributed by atoms with Crippen LogP contribution in [0.3, 0.4) is 0 Å². The maximum atomic E-state index is 5.69. The molecule has 4 unspecified atom stereocenters. The zero-order valence-corrected chi connectivity index (χ0v) is 11.0. The van der Waals surface area contributed by atoms with Gasteiger partial charge in [0.2, 0.25) is 0 Å². The van der Waals surface area contributed by atoms with Crippen molar-refractivity contribution in [3.05, 3.63) is 0 Å². The second-order valence-electron chi connectivity index (χ2n) is 5.05. The van der Waals surface area contributed by atoms with Gasteiger partial charge >= 0.3 is 0 Å². The molecule has 0 aliphatic heterocycles. The van der Waals surface area contributed by atoms with Crippen molar-refractivity contribution in [1.29, 1.82) is 0 Å². The second-order valence-corrected chi connectivity index (χ2v) is 5.05. The molecule has 1 saturated carbocycles. The van der Waals surface area contributed by atoms with Crippen LogP contribution in [0.1, 0.15) is 52.9 Å². The van der Waals surface area contributed by atoms with Crippen molar-refractivity contribution in [2.24, 2.45) is 17.7 Å². The predicted octanol–water partition coefficient (Wildman–Crippen LogP) is 2.46. The Hall–Kier alpha value is -0.120. The summed E-state index contributed by atoms with van der Waals surface area (Å²) in [5.41, 5.74) is 2.98. The van der Waals surface area contributed by atoms with E-state index in [0.29, 0.717) is 12.0 Å². The monoisotopic (exact) mass is 228 g/mol. The minimum absolute atomic E-state index is 0.218. The average Bonchev–Trinajstić information content (AvgIpc) is 2.31. The highest BCUT2D eigenvalue weighted by atomic mass is 16.5. The molecule has 1 aliphatic rings. The van der Waals surface area contributed by atoms with Crippen LogP contribution < -0.4 is 11.3 Å². The Balaban J connectivity index is 2.50. The van der Waals surface area contributed by atoms with Crippen LogP contribution in [0, 0.1) is 11.8 Å². The first-order valence-electron chi connectivity index (χ1n) is 6.80. The van der Waals surface area contributed by atoms with Crippen LogP contribution in [0.4, 0.5) is 0 Å². The quantitative estimate of drug-likeness (QED) is 0.542. The molecule has 3 N–H and O–H groups in total. The molecule has 16 heavy (non-hydrogen) atoms. The Morgan fingerprint density at radius 2 is 2.12 bits per heavy atom. The van der Waals surface area contributed by atoms with Crippen LogP contribution in [0.2, 0.25) is 0 Å². The number of nitrogens with one attached hydrogen (secondary N) is 1. The van der Waals surface area contributed by atoms with E-state index in [1.54, 1.807) is 0 Å². The van der Waals surface area contributed by atoms with Crippen molar-refractivity contribution in [3.8, 4) is 0 Å². The van der Waals surface area contributed by atoms with Gasteiger partial charge in [0.25, 0.3) is 0 Å². The fourth-order valence-corrected chi connectivity index (χ4v) is 3.05. The lowest BCUT2D eigenvalue weighted by atomic mass is 9.76. The molecule has 0 bridgehead atoms. The normalized spacial score (nSPS) is 30.0. The largest absolute Gasteiger partial charge is 0.377 e. The number of ether oxygens (including phenoxy) is 1. The summed E-state index contributed by atoms with van der Waals surface area (Å²) < 4.78 is 5.67. The zero-order chi connectivity index (χ0) is 12.0. The first-order valence-corrected chi connectivity index (χ1v) is 6.80. The lowest BCUT2D eigenvalue weighted by Crippen LogP contribution is -2.50. The van der Waals surface area contributed by atoms with Gasteiger partial charge in [-0.3, -0.25) is 11.3 Å². The molecular formula is C13H28N2O. The summed E-state index contributed by atoms with van der Waals surface area (Å²) in [5.74, 6) is 7.27. The van der Waals surface area contributed by atoms with Crippen molar-refractivity contribution in [2.75, 3.05) is 6.61 Å². The molecule has 0 aromatic rings. The van der Waals surface area contributed by atoms with E-state index in [1.165, 1.54) is 32.1 Å². The summed E-state index contributed by atoms with van der Waals surface area (Å²) in [4.78, 5) is 0. The summed E-state index contributed by atoms with van der Waals surface area (Å²) in [6.45, 7) is 7.23. The highest BCUT2D eigenvalue weighted by Gasteiger charge is 2.30. The van der Waals surface area contributed by atoms with E-state index in [2.05, 4.69) is 19.3 Å². The molecule has 0 spiro atoms. The predicted molar refractivity (Wildman–Crippen MR) is 67.9 cm³/mol. The van der Waals surface area contributed by atoms with E-state index in [-0.39, 0.29) is 6.10 Å². The molecule has 96 valence electrons. The van der Waals surface area contributed by atoms with Crippen molar-refractivity contribution < 1.29 is 4.74 Å². The minimum atomic E-state index is 0.218. The third-order valence-electron chi connectivity index (χ3n) is 4.04. The maximum Gasteiger partial charge on any atom is 0.0715 e. The van der Waals surface area contributed by atoms with Gasteiger partial charge < -0.3 is 4.74 Å². The summed E-state index contributed by atoms with van der Waals surface area (Å²) in [6.07, 6.45) is 6.87. The van der Waals surface area contributed by atoms with Crippen LogP contribution in [0.25, 0.3) is 0 Å². The maximum absolute atomic E-state index is 5.69. The lowest BCUT2D eigenvalue weighted by Gasteiger charge is -2.36. The molecule has 0 aromatic heterocycles. The molecule has 0 amide bonds. The number of nitrogens with two attached hydrogens (primary N) is 1. The first kappa shape index (κ1) is 13.9. The number of rotatable bonds is 6. The highest BCUT2D eigenvalue weighted by Crippen LogP contribution is 2.33. The lowest BCUT2D eigenvalue weighted by molar-refractivity contribution is 0.0189. The second kappa shape index (κ2) is 7.25. The van der Waals surface area contributed by atoms with E-state index < -0.39 is 0 Å². The van der Waals surface area contributed by atoms with Crippen LogP contribution in [-0.4, -0.2) is 18.8 Å². The zero-order valence-electron chi connectivity index (χ0n) is 11.0. The Morgan fingerprint density at radius 1 is 1.38 bits per heavy atom. The smallest absolute Gasteiger partial charge is 0.0715 e. The molecule has 0 radical (unpaired) electrons. The molecule has 1 aliphatic carbocycles. The van der Waals surface area contributed by atoms with Crippen LogP contribution in [0.5, 0.6) is 0 Å².